The van der Waals surface area contributed by atoms with Crippen LogP contribution in [-0.4, -0.2) is 18.4 Å². The minimum absolute atomic E-state index is 0.0598. The lowest BCUT2D eigenvalue weighted by Crippen LogP contribution is -2.37. The predicted octanol–water partition coefficient (Wildman–Crippen LogP) is 3.09. The number of hydrogen-bond acceptors (Lipinski definition) is 2. The summed E-state index contributed by atoms with van der Waals surface area (Å²) >= 11 is 3.49. The third-order valence-corrected chi connectivity index (χ3v) is 4.05. The molecule has 2 rings (SSSR count). The first-order chi connectivity index (χ1) is 8.27. The number of Topliss-reactive ketones (excluding diaryl/α,β-unsaturated/α-hetero) is 1. The van der Waals surface area contributed by atoms with E-state index < -0.39 is 0 Å². The summed E-state index contributed by atoms with van der Waals surface area (Å²) in [6, 6.07) is 8.02. The molecule has 1 aromatic rings. The molecule has 1 aliphatic heterocycles. The summed E-state index contributed by atoms with van der Waals surface area (Å²) in [4.78, 5) is 12.2. The van der Waals surface area contributed by atoms with E-state index in [9.17, 15) is 4.79 Å². The zero-order valence-corrected chi connectivity index (χ0v) is 11.5. The molecule has 1 fully saturated rings. The van der Waals surface area contributed by atoms with Gasteiger partial charge in [0, 0.05) is 10.9 Å². The zero-order chi connectivity index (χ0) is 12.1. The molecule has 0 aliphatic carbocycles. The second kappa shape index (κ2) is 6.31. The third kappa shape index (κ3) is 3.65. The number of hydrogen-bond donors (Lipinski definition) is 1. The molecular formula is C14H18BrNO. The van der Waals surface area contributed by atoms with Gasteiger partial charge >= 0.3 is 0 Å². The van der Waals surface area contributed by atoms with Gasteiger partial charge in [0.05, 0.1) is 6.04 Å². The van der Waals surface area contributed by atoms with Gasteiger partial charge in [-0.05, 0) is 31.0 Å². The lowest BCUT2D eigenvalue weighted by molar-refractivity contribution is -0.120. The van der Waals surface area contributed by atoms with Crippen LogP contribution in [0.4, 0.5) is 0 Å². The normalized spacial score (nSPS) is 20.9. The number of carbonyl (C=O) groups excluding carboxylic acids is 1. The molecule has 17 heavy (non-hydrogen) atoms. The molecule has 2 nitrogen and oxygen atoms in total. The zero-order valence-electron chi connectivity index (χ0n) is 9.92. The van der Waals surface area contributed by atoms with Gasteiger partial charge in [0.25, 0.3) is 0 Å². The Labute approximate surface area is 111 Å². The number of halogens is 1. The van der Waals surface area contributed by atoms with Crippen molar-refractivity contribution in [3.05, 3.63) is 34.3 Å². The third-order valence-electron chi connectivity index (χ3n) is 3.27. The van der Waals surface area contributed by atoms with Gasteiger partial charge in [0.2, 0.25) is 0 Å². The van der Waals surface area contributed by atoms with E-state index in [1.54, 1.807) is 0 Å². The number of ketones is 1. The molecule has 1 N–H and O–H groups in total. The average Bonchev–Trinajstić information content (AvgIpc) is 2.61. The Hall–Kier alpha value is -0.670. The van der Waals surface area contributed by atoms with Crippen LogP contribution in [0.1, 0.15) is 31.2 Å². The van der Waals surface area contributed by atoms with E-state index in [2.05, 4.69) is 21.2 Å². The molecule has 92 valence electrons. The van der Waals surface area contributed by atoms with Crippen molar-refractivity contribution in [1.82, 2.24) is 5.32 Å². The van der Waals surface area contributed by atoms with Crippen molar-refractivity contribution in [3.8, 4) is 0 Å². The van der Waals surface area contributed by atoms with Crippen LogP contribution in [0.25, 0.3) is 0 Å². The van der Waals surface area contributed by atoms with Crippen LogP contribution in [0, 0.1) is 0 Å². The molecule has 0 aromatic heterocycles. The molecule has 1 aromatic carbocycles. The van der Waals surface area contributed by atoms with Gasteiger partial charge in [-0.1, -0.05) is 47.0 Å². The largest absolute Gasteiger partial charge is 0.307 e. The topological polar surface area (TPSA) is 29.1 Å². The van der Waals surface area contributed by atoms with Gasteiger partial charge in [-0.15, -0.1) is 0 Å². The lowest BCUT2D eigenvalue weighted by atomic mass is 10.0. The quantitative estimate of drug-likeness (QED) is 0.928. The molecule has 0 amide bonds. The minimum Gasteiger partial charge on any atom is -0.307 e. The Morgan fingerprint density at radius 2 is 2.12 bits per heavy atom. The van der Waals surface area contributed by atoms with E-state index in [1.807, 2.05) is 24.3 Å². The van der Waals surface area contributed by atoms with Crippen LogP contribution in [0.15, 0.2) is 28.7 Å². The molecule has 1 saturated heterocycles. The lowest BCUT2D eigenvalue weighted by Gasteiger charge is -2.14. The van der Waals surface area contributed by atoms with Crippen LogP contribution in [0.5, 0.6) is 0 Å². The van der Waals surface area contributed by atoms with E-state index in [-0.39, 0.29) is 6.04 Å². The molecule has 1 unspecified atom stereocenters. The maximum Gasteiger partial charge on any atom is 0.154 e. The second-order valence-corrected chi connectivity index (χ2v) is 5.44. The van der Waals surface area contributed by atoms with Gasteiger partial charge < -0.3 is 5.32 Å². The minimum atomic E-state index is 0.0598. The molecule has 3 heteroatoms. The Morgan fingerprint density at radius 1 is 1.29 bits per heavy atom. The summed E-state index contributed by atoms with van der Waals surface area (Å²) in [6.07, 6.45) is 5.12. The van der Waals surface area contributed by atoms with Gasteiger partial charge in [0.1, 0.15) is 0 Å². The van der Waals surface area contributed by atoms with Crippen molar-refractivity contribution in [1.29, 1.82) is 0 Å². The number of nitrogens with one attached hydrogen (secondary N) is 1. The highest BCUT2D eigenvalue weighted by molar-refractivity contribution is 9.10. The Morgan fingerprint density at radius 3 is 2.94 bits per heavy atom. The first kappa shape index (κ1) is 12.8. The summed E-state index contributed by atoms with van der Waals surface area (Å²) < 4.78 is 1.03. The number of carbonyl (C=O) groups is 1. The van der Waals surface area contributed by atoms with Crippen LogP contribution < -0.4 is 5.32 Å². The fraction of sp³-hybridized carbons (Fsp3) is 0.500. The van der Waals surface area contributed by atoms with Crippen LogP contribution in [0.2, 0.25) is 0 Å². The standard InChI is InChI=1S/C14H18BrNO/c15-12-7-4-3-6-11(12)10-14(17)13-8-2-1-5-9-16-13/h3-4,6-7,13,16H,1-2,5,8-10H2. The van der Waals surface area contributed by atoms with E-state index >= 15 is 0 Å². The van der Waals surface area contributed by atoms with Gasteiger partial charge in [-0.25, -0.2) is 0 Å². The molecule has 1 heterocycles. The van der Waals surface area contributed by atoms with Gasteiger partial charge in [0.15, 0.2) is 5.78 Å². The first-order valence-corrected chi connectivity index (χ1v) is 7.06. The summed E-state index contributed by atoms with van der Waals surface area (Å²) in [5, 5.41) is 3.36. The molecular weight excluding hydrogens is 278 g/mol. The number of benzene rings is 1. The van der Waals surface area contributed by atoms with Crippen LogP contribution in [0.3, 0.4) is 0 Å². The molecule has 0 radical (unpaired) electrons. The van der Waals surface area contributed by atoms with Crippen LogP contribution >= 0.6 is 15.9 Å². The Bertz CT molecular complexity index is 384. The highest BCUT2D eigenvalue weighted by atomic mass is 79.9. The maximum absolute atomic E-state index is 12.2. The molecule has 1 atom stereocenters. The van der Waals surface area contributed by atoms with E-state index in [1.165, 1.54) is 19.3 Å². The highest BCUT2D eigenvalue weighted by Gasteiger charge is 2.19. The first-order valence-electron chi connectivity index (χ1n) is 6.27. The number of rotatable bonds is 3. The van der Waals surface area contributed by atoms with Crippen molar-refractivity contribution in [3.63, 3.8) is 0 Å². The van der Waals surface area contributed by atoms with E-state index in [4.69, 9.17) is 0 Å². The maximum atomic E-state index is 12.2. The monoisotopic (exact) mass is 295 g/mol. The van der Waals surface area contributed by atoms with Gasteiger partial charge in [-0.2, -0.15) is 0 Å². The Balaban J connectivity index is 1.98. The molecule has 0 saturated carbocycles. The van der Waals surface area contributed by atoms with Crippen molar-refractivity contribution in [2.45, 2.75) is 38.1 Å². The van der Waals surface area contributed by atoms with Crippen molar-refractivity contribution < 1.29 is 4.79 Å². The molecule has 0 bridgehead atoms. The summed E-state index contributed by atoms with van der Waals surface area (Å²) in [5.41, 5.74) is 1.09. The fourth-order valence-electron chi connectivity index (χ4n) is 2.26. The average molecular weight is 296 g/mol. The molecule has 1 aliphatic rings. The fourth-order valence-corrected chi connectivity index (χ4v) is 2.68. The van der Waals surface area contributed by atoms with E-state index in [0.717, 1.165) is 23.0 Å². The van der Waals surface area contributed by atoms with Crippen LogP contribution in [-0.2, 0) is 11.2 Å². The summed E-state index contributed by atoms with van der Waals surface area (Å²) in [5.74, 6) is 0.318. The molecule has 0 spiro atoms. The van der Waals surface area contributed by atoms with E-state index in [0.29, 0.717) is 12.2 Å². The van der Waals surface area contributed by atoms with Crippen molar-refractivity contribution >= 4 is 21.7 Å². The predicted molar refractivity (Wildman–Crippen MR) is 73.1 cm³/mol. The van der Waals surface area contributed by atoms with Crippen molar-refractivity contribution in [2.24, 2.45) is 0 Å². The highest BCUT2D eigenvalue weighted by Crippen LogP contribution is 2.18. The Kier molecular flexibility index (Phi) is 4.75. The van der Waals surface area contributed by atoms with Crippen molar-refractivity contribution in [2.75, 3.05) is 6.54 Å². The second-order valence-electron chi connectivity index (χ2n) is 4.59. The smallest absolute Gasteiger partial charge is 0.154 e. The summed E-state index contributed by atoms with van der Waals surface area (Å²) in [7, 11) is 0. The SMILES string of the molecule is O=C(Cc1ccccc1Br)C1CCCCCN1. The van der Waals surface area contributed by atoms with Gasteiger partial charge in [-0.3, -0.25) is 4.79 Å². The summed E-state index contributed by atoms with van der Waals surface area (Å²) in [6.45, 7) is 0.979.